The van der Waals surface area contributed by atoms with E-state index >= 15 is 0 Å². The first kappa shape index (κ1) is 10.9. The molecule has 2 N–H and O–H groups in total. The summed E-state index contributed by atoms with van der Waals surface area (Å²) in [6, 6.07) is 7.53. The lowest BCUT2D eigenvalue weighted by atomic mass is 10.3. The van der Waals surface area contributed by atoms with Crippen LogP contribution in [0, 0.1) is 0 Å². The van der Waals surface area contributed by atoms with Crippen LogP contribution in [0.3, 0.4) is 0 Å². The molecule has 0 radical (unpaired) electrons. The second kappa shape index (κ2) is 4.91. The number of nitrogens with two attached hydrogens (primary N) is 1. The monoisotopic (exact) mass is 211 g/mol. The van der Waals surface area contributed by atoms with Crippen LogP contribution in [0.4, 0.5) is 0 Å². The summed E-state index contributed by atoms with van der Waals surface area (Å²) in [5.41, 5.74) is 5.16. The molecular weight excluding hydrogens is 198 g/mol. The highest BCUT2D eigenvalue weighted by atomic mass is 32.2. The molecule has 76 valence electrons. The Hall–Kier alpha value is -1.16. The van der Waals surface area contributed by atoms with E-state index in [0.717, 1.165) is 10.6 Å². The van der Waals surface area contributed by atoms with Crippen LogP contribution < -0.4 is 10.5 Å². The zero-order valence-electron chi connectivity index (χ0n) is 8.19. The van der Waals surface area contributed by atoms with Crippen molar-refractivity contribution in [1.82, 2.24) is 0 Å². The first-order chi connectivity index (χ1) is 6.63. The van der Waals surface area contributed by atoms with E-state index < -0.39 is 0 Å². The van der Waals surface area contributed by atoms with Gasteiger partial charge < -0.3 is 10.5 Å². The molecule has 0 fully saturated rings. The van der Waals surface area contributed by atoms with Crippen molar-refractivity contribution in [3.8, 4) is 5.75 Å². The molecule has 0 saturated carbocycles. The standard InChI is InChI=1S/C10H13NO2S/c1-7(10(11)12)14-9-5-3-8(13-2)4-6-9/h3-7H,1-2H3,(H2,11,12)/t7-/m0/s1. The van der Waals surface area contributed by atoms with Crippen molar-refractivity contribution < 1.29 is 9.53 Å². The maximum Gasteiger partial charge on any atom is 0.230 e. The summed E-state index contributed by atoms with van der Waals surface area (Å²) >= 11 is 1.44. The van der Waals surface area contributed by atoms with Crippen LogP contribution in [0.15, 0.2) is 29.2 Å². The summed E-state index contributed by atoms with van der Waals surface area (Å²) in [6.07, 6.45) is 0. The van der Waals surface area contributed by atoms with Gasteiger partial charge in [-0.05, 0) is 31.2 Å². The minimum atomic E-state index is -0.300. The Balaban J connectivity index is 2.64. The quantitative estimate of drug-likeness (QED) is 0.771. The van der Waals surface area contributed by atoms with Crippen molar-refractivity contribution in [3.05, 3.63) is 24.3 Å². The van der Waals surface area contributed by atoms with E-state index in [4.69, 9.17) is 10.5 Å². The van der Waals surface area contributed by atoms with Gasteiger partial charge in [0.15, 0.2) is 0 Å². The van der Waals surface area contributed by atoms with Crippen LogP contribution in [0.1, 0.15) is 6.92 Å². The maximum absolute atomic E-state index is 10.8. The molecule has 3 nitrogen and oxygen atoms in total. The van der Waals surface area contributed by atoms with Crippen molar-refractivity contribution in [3.63, 3.8) is 0 Å². The van der Waals surface area contributed by atoms with Crippen molar-refractivity contribution in [2.45, 2.75) is 17.1 Å². The van der Waals surface area contributed by atoms with Gasteiger partial charge in [0.2, 0.25) is 5.91 Å². The summed E-state index contributed by atoms with van der Waals surface area (Å²) in [7, 11) is 1.62. The fourth-order valence-corrected chi connectivity index (χ4v) is 1.73. The molecule has 0 saturated heterocycles. The summed E-state index contributed by atoms with van der Waals surface area (Å²) in [5, 5.41) is -0.205. The summed E-state index contributed by atoms with van der Waals surface area (Å²) in [5.74, 6) is 0.506. The van der Waals surface area contributed by atoms with Gasteiger partial charge in [0, 0.05) is 4.90 Å². The predicted molar refractivity (Wildman–Crippen MR) is 57.5 cm³/mol. The summed E-state index contributed by atoms with van der Waals surface area (Å²) in [6.45, 7) is 1.79. The Kier molecular flexibility index (Phi) is 3.83. The van der Waals surface area contributed by atoms with Gasteiger partial charge in [0.25, 0.3) is 0 Å². The Labute approximate surface area is 87.6 Å². The molecule has 14 heavy (non-hydrogen) atoms. The predicted octanol–water partition coefficient (Wildman–Crippen LogP) is 1.66. The number of carbonyl (C=O) groups is 1. The largest absolute Gasteiger partial charge is 0.497 e. The molecule has 1 aromatic carbocycles. The van der Waals surface area contributed by atoms with E-state index in [-0.39, 0.29) is 11.2 Å². The summed E-state index contributed by atoms with van der Waals surface area (Å²) < 4.78 is 5.02. The molecule has 1 atom stereocenters. The van der Waals surface area contributed by atoms with Crippen molar-refractivity contribution >= 4 is 17.7 Å². The third kappa shape index (κ3) is 2.96. The molecule has 1 amide bonds. The lowest BCUT2D eigenvalue weighted by Gasteiger charge is -2.07. The molecule has 0 spiro atoms. The van der Waals surface area contributed by atoms with Crippen LogP contribution in [-0.2, 0) is 4.79 Å². The molecule has 0 aliphatic carbocycles. The smallest absolute Gasteiger partial charge is 0.230 e. The normalized spacial score (nSPS) is 12.1. The van der Waals surface area contributed by atoms with Gasteiger partial charge in [-0.25, -0.2) is 0 Å². The Morgan fingerprint density at radius 1 is 1.43 bits per heavy atom. The van der Waals surface area contributed by atoms with Crippen molar-refractivity contribution in [2.24, 2.45) is 5.73 Å². The number of hydrogen-bond acceptors (Lipinski definition) is 3. The van der Waals surface area contributed by atoms with Gasteiger partial charge in [0.05, 0.1) is 12.4 Å². The van der Waals surface area contributed by atoms with Crippen LogP contribution in [-0.4, -0.2) is 18.3 Å². The molecule has 4 heteroatoms. The van der Waals surface area contributed by atoms with Crippen LogP contribution in [0.25, 0.3) is 0 Å². The first-order valence-electron chi connectivity index (χ1n) is 4.23. The van der Waals surface area contributed by atoms with Gasteiger partial charge in [-0.2, -0.15) is 0 Å². The van der Waals surface area contributed by atoms with E-state index in [2.05, 4.69) is 0 Å². The van der Waals surface area contributed by atoms with E-state index in [9.17, 15) is 4.79 Å². The maximum atomic E-state index is 10.8. The number of benzene rings is 1. The van der Waals surface area contributed by atoms with Gasteiger partial charge in [-0.1, -0.05) is 0 Å². The SMILES string of the molecule is COc1ccc(S[C@@H](C)C(N)=O)cc1. The third-order valence-corrected chi connectivity index (χ3v) is 2.90. The van der Waals surface area contributed by atoms with Gasteiger partial charge in [0.1, 0.15) is 5.75 Å². The Morgan fingerprint density at radius 3 is 2.43 bits per heavy atom. The number of primary amides is 1. The molecule has 0 aliphatic rings. The topological polar surface area (TPSA) is 52.3 Å². The van der Waals surface area contributed by atoms with Gasteiger partial charge in [-0.15, -0.1) is 11.8 Å². The lowest BCUT2D eigenvalue weighted by molar-refractivity contribution is -0.117. The van der Waals surface area contributed by atoms with Crippen molar-refractivity contribution in [2.75, 3.05) is 7.11 Å². The fraction of sp³-hybridized carbons (Fsp3) is 0.300. The van der Waals surface area contributed by atoms with Crippen LogP contribution in [0.5, 0.6) is 5.75 Å². The van der Waals surface area contributed by atoms with E-state index in [0.29, 0.717) is 0 Å². The lowest BCUT2D eigenvalue weighted by Crippen LogP contribution is -2.22. The number of amides is 1. The Bertz CT molecular complexity index is 310. The molecule has 1 aromatic rings. The second-order valence-electron chi connectivity index (χ2n) is 2.84. The zero-order valence-corrected chi connectivity index (χ0v) is 9.01. The van der Waals surface area contributed by atoms with Crippen molar-refractivity contribution in [1.29, 1.82) is 0 Å². The second-order valence-corrected chi connectivity index (χ2v) is 4.25. The average Bonchev–Trinajstić information content (AvgIpc) is 2.19. The molecule has 0 unspecified atom stereocenters. The number of methoxy groups -OCH3 is 1. The van der Waals surface area contributed by atoms with E-state index in [1.54, 1.807) is 14.0 Å². The molecule has 0 aromatic heterocycles. The molecule has 0 bridgehead atoms. The first-order valence-corrected chi connectivity index (χ1v) is 5.11. The third-order valence-electron chi connectivity index (χ3n) is 1.77. The average molecular weight is 211 g/mol. The highest BCUT2D eigenvalue weighted by Gasteiger charge is 2.09. The molecule has 0 heterocycles. The number of ether oxygens (including phenoxy) is 1. The van der Waals surface area contributed by atoms with E-state index in [1.165, 1.54) is 11.8 Å². The van der Waals surface area contributed by atoms with Crippen LogP contribution in [0.2, 0.25) is 0 Å². The minimum Gasteiger partial charge on any atom is -0.497 e. The number of carbonyl (C=O) groups excluding carboxylic acids is 1. The fourth-order valence-electron chi connectivity index (χ4n) is 0.916. The minimum absolute atomic E-state index is 0.205. The summed E-state index contributed by atoms with van der Waals surface area (Å²) in [4.78, 5) is 11.8. The van der Waals surface area contributed by atoms with Crippen LogP contribution >= 0.6 is 11.8 Å². The van der Waals surface area contributed by atoms with Gasteiger partial charge >= 0.3 is 0 Å². The van der Waals surface area contributed by atoms with E-state index in [1.807, 2.05) is 24.3 Å². The number of thioether (sulfide) groups is 1. The molecule has 0 aliphatic heterocycles. The number of hydrogen-bond donors (Lipinski definition) is 1. The number of rotatable bonds is 4. The Morgan fingerprint density at radius 2 is 2.00 bits per heavy atom. The zero-order chi connectivity index (χ0) is 10.6. The molecule has 1 rings (SSSR count). The molecular formula is C10H13NO2S. The van der Waals surface area contributed by atoms with Gasteiger partial charge in [-0.3, -0.25) is 4.79 Å². The highest BCUT2D eigenvalue weighted by Crippen LogP contribution is 2.24. The highest BCUT2D eigenvalue weighted by molar-refractivity contribution is 8.00.